The van der Waals surface area contributed by atoms with Gasteiger partial charge in [0.1, 0.15) is 5.75 Å². The molecule has 1 aliphatic heterocycles. The van der Waals surface area contributed by atoms with Crippen LogP contribution >= 0.6 is 0 Å². The molecule has 1 aromatic carbocycles. The van der Waals surface area contributed by atoms with Crippen molar-refractivity contribution in [3.8, 4) is 5.75 Å². The molecule has 0 aliphatic carbocycles. The molecule has 0 bridgehead atoms. The smallest absolute Gasteiger partial charge is 0.258 e. The summed E-state index contributed by atoms with van der Waals surface area (Å²) in [6.07, 6.45) is 4.79. The number of carbonyl (C=O) groups is 2. The highest BCUT2D eigenvalue weighted by Gasteiger charge is 2.17. The molecule has 138 valence electrons. The molecule has 2 N–H and O–H groups in total. The molecular formula is C19H29N3O3. The molecular weight excluding hydrogens is 318 g/mol. The quantitative estimate of drug-likeness (QED) is 0.665. The molecule has 1 aromatic rings. The van der Waals surface area contributed by atoms with Gasteiger partial charge in [-0.2, -0.15) is 0 Å². The van der Waals surface area contributed by atoms with Crippen LogP contribution in [0, 0.1) is 0 Å². The standard InChI is InChI=1S/C19H29N3O3/c1-16-8-5-6-12-22(16)13-7-11-20-18(23)14-21-19(24)15-25-17-9-3-2-4-10-17/h2-4,9-10,16H,5-8,11-15H2,1H3,(H,20,23)(H,21,24)/t16-/m0/s1. The maximum Gasteiger partial charge on any atom is 0.258 e. The van der Waals surface area contributed by atoms with Crippen LogP contribution in [-0.2, 0) is 9.59 Å². The van der Waals surface area contributed by atoms with Gasteiger partial charge in [-0.25, -0.2) is 0 Å². The Morgan fingerprint density at radius 2 is 1.96 bits per heavy atom. The number of benzene rings is 1. The van der Waals surface area contributed by atoms with Gasteiger partial charge in [-0.15, -0.1) is 0 Å². The maximum absolute atomic E-state index is 11.8. The largest absolute Gasteiger partial charge is 0.484 e. The Labute approximate surface area is 149 Å². The maximum atomic E-state index is 11.8. The van der Waals surface area contributed by atoms with Crippen LogP contribution in [0.3, 0.4) is 0 Å². The van der Waals surface area contributed by atoms with E-state index in [0.717, 1.165) is 19.5 Å². The topological polar surface area (TPSA) is 70.7 Å². The highest BCUT2D eigenvalue weighted by atomic mass is 16.5. The SMILES string of the molecule is C[C@H]1CCCCN1CCCNC(=O)CNC(=O)COc1ccccc1. The predicted molar refractivity (Wildman–Crippen MR) is 97.5 cm³/mol. The first-order chi connectivity index (χ1) is 12.1. The predicted octanol–water partition coefficient (Wildman–Crippen LogP) is 1.56. The molecule has 6 nitrogen and oxygen atoms in total. The molecule has 0 saturated carbocycles. The van der Waals surface area contributed by atoms with Crippen LogP contribution in [0.5, 0.6) is 5.75 Å². The van der Waals surface area contributed by atoms with Gasteiger partial charge in [0.25, 0.3) is 5.91 Å². The second-order valence-corrected chi connectivity index (χ2v) is 6.46. The molecule has 1 saturated heterocycles. The summed E-state index contributed by atoms with van der Waals surface area (Å²) < 4.78 is 5.33. The van der Waals surface area contributed by atoms with Gasteiger partial charge in [-0.1, -0.05) is 24.6 Å². The van der Waals surface area contributed by atoms with E-state index in [1.807, 2.05) is 18.2 Å². The monoisotopic (exact) mass is 347 g/mol. The van der Waals surface area contributed by atoms with Crippen LogP contribution in [0.15, 0.2) is 30.3 Å². The molecule has 0 unspecified atom stereocenters. The number of ether oxygens (including phenoxy) is 1. The number of hydrogen-bond acceptors (Lipinski definition) is 4. The van der Waals surface area contributed by atoms with Crippen LogP contribution in [0.25, 0.3) is 0 Å². The molecule has 0 radical (unpaired) electrons. The third kappa shape index (κ3) is 7.56. The zero-order valence-electron chi connectivity index (χ0n) is 15.0. The summed E-state index contributed by atoms with van der Waals surface area (Å²) in [4.78, 5) is 25.9. The number of nitrogens with one attached hydrogen (secondary N) is 2. The van der Waals surface area contributed by atoms with Crippen molar-refractivity contribution >= 4 is 11.8 Å². The number of likely N-dealkylation sites (tertiary alicyclic amines) is 1. The van der Waals surface area contributed by atoms with Crippen LogP contribution in [-0.4, -0.2) is 55.5 Å². The van der Waals surface area contributed by atoms with Crippen molar-refractivity contribution in [2.45, 2.75) is 38.6 Å². The molecule has 1 atom stereocenters. The lowest BCUT2D eigenvalue weighted by Crippen LogP contribution is -2.41. The second kappa shape index (κ2) is 10.7. The summed E-state index contributed by atoms with van der Waals surface area (Å²) in [5, 5.41) is 5.41. The van der Waals surface area contributed by atoms with E-state index >= 15 is 0 Å². The Kier molecular flexibility index (Phi) is 8.25. The van der Waals surface area contributed by atoms with Crippen molar-refractivity contribution in [2.75, 3.05) is 32.8 Å². The highest BCUT2D eigenvalue weighted by molar-refractivity contribution is 5.85. The Hall–Kier alpha value is -2.08. The average Bonchev–Trinajstić information content (AvgIpc) is 2.64. The van der Waals surface area contributed by atoms with Gasteiger partial charge in [0.15, 0.2) is 6.61 Å². The summed E-state index contributed by atoms with van der Waals surface area (Å²) in [5.74, 6) is 0.162. The first kappa shape index (κ1) is 19.2. The molecule has 2 amide bonds. The number of para-hydroxylation sites is 1. The molecule has 0 spiro atoms. The van der Waals surface area contributed by atoms with E-state index in [-0.39, 0.29) is 25.0 Å². The van der Waals surface area contributed by atoms with Gasteiger partial charge in [-0.05, 0) is 44.9 Å². The van der Waals surface area contributed by atoms with Crippen molar-refractivity contribution in [3.05, 3.63) is 30.3 Å². The number of piperidine rings is 1. The summed E-state index contributed by atoms with van der Waals surface area (Å²) in [6, 6.07) is 9.76. The average molecular weight is 347 g/mol. The molecule has 25 heavy (non-hydrogen) atoms. The van der Waals surface area contributed by atoms with Gasteiger partial charge in [-0.3, -0.25) is 9.59 Å². The summed E-state index contributed by atoms with van der Waals surface area (Å²) in [7, 11) is 0. The first-order valence-corrected chi connectivity index (χ1v) is 9.10. The fraction of sp³-hybridized carbons (Fsp3) is 0.579. The van der Waals surface area contributed by atoms with Gasteiger partial charge >= 0.3 is 0 Å². The van der Waals surface area contributed by atoms with Crippen molar-refractivity contribution in [1.29, 1.82) is 0 Å². The second-order valence-electron chi connectivity index (χ2n) is 6.46. The fourth-order valence-corrected chi connectivity index (χ4v) is 2.96. The van der Waals surface area contributed by atoms with Crippen LogP contribution in [0.2, 0.25) is 0 Å². The number of nitrogens with zero attached hydrogens (tertiary/aromatic N) is 1. The molecule has 1 heterocycles. The molecule has 2 rings (SSSR count). The number of amides is 2. The van der Waals surface area contributed by atoms with Crippen molar-refractivity contribution in [3.63, 3.8) is 0 Å². The Morgan fingerprint density at radius 3 is 2.72 bits per heavy atom. The fourth-order valence-electron chi connectivity index (χ4n) is 2.96. The molecule has 0 aromatic heterocycles. The number of carbonyl (C=O) groups excluding carboxylic acids is 2. The summed E-state index contributed by atoms with van der Waals surface area (Å²) in [5.41, 5.74) is 0. The van der Waals surface area contributed by atoms with E-state index in [0.29, 0.717) is 18.3 Å². The van der Waals surface area contributed by atoms with E-state index < -0.39 is 0 Å². The summed E-state index contributed by atoms with van der Waals surface area (Å²) >= 11 is 0. The minimum Gasteiger partial charge on any atom is -0.484 e. The van der Waals surface area contributed by atoms with E-state index in [4.69, 9.17) is 4.74 Å². The van der Waals surface area contributed by atoms with Gasteiger partial charge in [0, 0.05) is 19.1 Å². The lowest BCUT2D eigenvalue weighted by molar-refractivity contribution is -0.127. The van der Waals surface area contributed by atoms with Gasteiger partial charge in [0.05, 0.1) is 6.54 Å². The van der Waals surface area contributed by atoms with E-state index in [9.17, 15) is 9.59 Å². The Morgan fingerprint density at radius 1 is 1.16 bits per heavy atom. The molecule has 6 heteroatoms. The van der Waals surface area contributed by atoms with Crippen LogP contribution < -0.4 is 15.4 Å². The highest BCUT2D eigenvalue weighted by Crippen LogP contribution is 2.16. The number of rotatable bonds is 9. The molecule has 1 fully saturated rings. The Bertz CT molecular complexity index is 536. The van der Waals surface area contributed by atoms with Crippen molar-refractivity contribution in [2.24, 2.45) is 0 Å². The van der Waals surface area contributed by atoms with Crippen LogP contribution in [0.4, 0.5) is 0 Å². The normalized spacial score (nSPS) is 17.7. The number of hydrogen-bond donors (Lipinski definition) is 2. The van der Waals surface area contributed by atoms with Crippen LogP contribution in [0.1, 0.15) is 32.6 Å². The van der Waals surface area contributed by atoms with Gasteiger partial charge < -0.3 is 20.3 Å². The Balaban J connectivity index is 1.51. The van der Waals surface area contributed by atoms with E-state index in [1.165, 1.54) is 19.3 Å². The van der Waals surface area contributed by atoms with Crippen molar-refractivity contribution < 1.29 is 14.3 Å². The zero-order chi connectivity index (χ0) is 17.9. The third-order valence-electron chi connectivity index (χ3n) is 4.44. The zero-order valence-corrected chi connectivity index (χ0v) is 15.0. The minimum atomic E-state index is -0.304. The first-order valence-electron chi connectivity index (χ1n) is 9.10. The molecule has 1 aliphatic rings. The lowest BCUT2D eigenvalue weighted by Gasteiger charge is -2.33. The van der Waals surface area contributed by atoms with Crippen molar-refractivity contribution in [1.82, 2.24) is 15.5 Å². The lowest BCUT2D eigenvalue weighted by atomic mass is 10.0. The minimum absolute atomic E-state index is 0.0168. The van der Waals surface area contributed by atoms with E-state index in [1.54, 1.807) is 12.1 Å². The summed E-state index contributed by atoms with van der Waals surface area (Å²) in [6.45, 7) is 4.97. The van der Waals surface area contributed by atoms with E-state index in [2.05, 4.69) is 22.5 Å². The third-order valence-corrected chi connectivity index (χ3v) is 4.44. The van der Waals surface area contributed by atoms with Gasteiger partial charge in [0.2, 0.25) is 5.91 Å².